The minimum absolute atomic E-state index is 0.258. The van der Waals surface area contributed by atoms with Crippen LogP contribution in [0.3, 0.4) is 0 Å². The number of pyridine rings is 1. The van der Waals surface area contributed by atoms with Crippen LogP contribution in [0.5, 0.6) is 0 Å². The number of anilines is 1. The Kier molecular flexibility index (Phi) is 3.03. The van der Waals surface area contributed by atoms with Gasteiger partial charge in [0.05, 0.1) is 5.56 Å². The highest BCUT2D eigenvalue weighted by molar-refractivity contribution is 6.08. The van der Waals surface area contributed by atoms with Gasteiger partial charge < -0.3 is 10.8 Å². The number of aromatic nitrogens is 2. The zero-order valence-electron chi connectivity index (χ0n) is 13.0. The van der Waals surface area contributed by atoms with Crippen LogP contribution in [0.25, 0.3) is 27.7 Å². The number of carboxylic acid groups (broad SMARTS) is 1. The van der Waals surface area contributed by atoms with Crippen LogP contribution in [0.1, 0.15) is 15.9 Å². The maximum Gasteiger partial charge on any atom is 0.336 e. The Morgan fingerprint density at radius 2 is 1.88 bits per heavy atom. The number of hydrogen-bond acceptors (Lipinski definition) is 3. The summed E-state index contributed by atoms with van der Waals surface area (Å²) in [6.07, 6.45) is 1.77. The first kappa shape index (κ1) is 14.3. The normalized spacial score (nSPS) is 11.2. The van der Waals surface area contributed by atoms with Crippen molar-refractivity contribution in [3.05, 3.63) is 65.9 Å². The van der Waals surface area contributed by atoms with Crippen molar-refractivity contribution in [2.75, 3.05) is 5.73 Å². The summed E-state index contributed by atoms with van der Waals surface area (Å²) in [6.45, 7) is 2.01. The quantitative estimate of drug-likeness (QED) is 0.590. The van der Waals surface area contributed by atoms with Crippen molar-refractivity contribution >= 4 is 28.2 Å². The number of rotatable bonds is 2. The second-order valence-electron chi connectivity index (χ2n) is 5.74. The monoisotopic (exact) mass is 317 g/mol. The summed E-state index contributed by atoms with van der Waals surface area (Å²) < 4.78 is 1.80. The minimum atomic E-state index is -0.955. The van der Waals surface area contributed by atoms with Crippen molar-refractivity contribution in [1.29, 1.82) is 0 Å². The van der Waals surface area contributed by atoms with Gasteiger partial charge in [0.2, 0.25) is 0 Å². The molecule has 0 aliphatic rings. The standard InChI is InChI=1S/C19H15N3O2/c1-11-5-2-3-6-12(11)16-17(20)22-10-9-13-14(18(22)21-16)7-4-8-15(13)19(23)24/h2-10H,20H2,1H3,(H,23,24). The summed E-state index contributed by atoms with van der Waals surface area (Å²) >= 11 is 0. The lowest BCUT2D eigenvalue weighted by Gasteiger charge is -2.04. The zero-order valence-corrected chi connectivity index (χ0v) is 13.0. The van der Waals surface area contributed by atoms with Crippen molar-refractivity contribution < 1.29 is 9.90 Å². The lowest BCUT2D eigenvalue weighted by atomic mass is 10.1. The maximum absolute atomic E-state index is 11.4. The largest absolute Gasteiger partial charge is 0.478 e. The highest BCUT2D eigenvalue weighted by Gasteiger charge is 2.16. The van der Waals surface area contributed by atoms with E-state index in [1.54, 1.807) is 28.8 Å². The van der Waals surface area contributed by atoms with Crippen LogP contribution < -0.4 is 5.73 Å². The number of aromatic carboxylic acids is 1. The Hall–Kier alpha value is -3.34. The van der Waals surface area contributed by atoms with E-state index < -0.39 is 5.97 Å². The highest BCUT2D eigenvalue weighted by Crippen LogP contribution is 2.32. The molecule has 2 aromatic heterocycles. The average molecular weight is 317 g/mol. The first-order chi connectivity index (χ1) is 11.6. The summed E-state index contributed by atoms with van der Waals surface area (Å²) in [4.78, 5) is 16.2. The first-order valence-electron chi connectivity index (χ1n) is 7.56. The van der Waals surface area contributed by atoms with Gasteiger partial charge in [-0.2, -0.15) is 0 Å². The van der Waals surface area contributed by atoms with Crippen molar-refractivity contribution in [2.24, 2.45) is 0 Å². The molecular weight excluding hydrogens is 302 g/mol. The van der Waals surface area contributed by atoms with Gasteiger partial charge in [-0.25, -0.2) is 9.78 Å². The Bertz CT molecular complexity index is 1110. The molecular formula is C19H15N3O2. The predicted molar refractivity (Wildman–Crippen MR) is 94.2 cm³/mol. The second-order valence-corrected chi connectivity index (χ2v) is 5.74. The highest BCUT2D eigenvalue weighted by atomic mass is 16.4. The molecule has 5 heteroatoms. The number of nitrogen functional groups attached to an aromatic ring is 1. The molecule has 0 unspecified atom stereocenters. The van der Waals surface area contributed by atoms with Crippen molar-refractivity contribution in [3.8, 4) is 11.3 Å². The number of hydrogen-bond donors (Lipinski definition) is 2. The average Bonchev–Trinajstić information content (AvgIpc) is 2.92. The third-order valence-corrected chi connectivity index (χ3v) is 4.32. The van der Waals surface area contributed by atoms with Crippen molar-refractivity contribution in [2.45, 2.75) is 6.92 Å². The molecule has 3 N–H and O–H groups in total. The molecule has 0 fully saturated rings. The van der Waals surface area contributed by atoms with Crippen LogP contribution in [0.15, 0.2) is 54.7 Å². The second kappa shape index (κ2) is 5.09. The van der Waals surface area contributed by atoms with Crippen LogP contribution in [-0.2, 0) is 0 Å². The number of imidazole rings is 1. The van der Waals surface area contributed by atoms with Crippen molar-refractivity contribution in [1.82, 2.24) is 9.38 Å². The van der Waals surface area contributed by atoms with E-state index in [-0.39, 0.29) is 5.56 Å². The van der Waals surface area contributed by atoms with E-state index in [4.69, 9.17) is 10.7 Å². The zero-order chi connectivity index (χ0) is 16.8. The molecule has 2 heterocycles. The molecule has 4 aromatic rings. The van der Waals surface area contributed by atoms with Crippen LogP contribution >= 0.6 is 0 Å². The van der Waals surface area contributed by atoms with E-state index in [2.05, 4.69) is 0 Å². The molecule has 0 aliphatic heterocycles. The van der Waals surface area contributed by atoms with Gasteiger partial charge in [0.1, 0.15) is 17.2 Å². The van der Waals surface area contributed by atoms with Gasteiger partial charge in [0, 0.05) is 22.5 Å². The minimum Gasteiger partial charge on any atom is -0.478 e. The molecule has 0 aliphatic carbocycles. The van der Waals surface area contributed by atoms with Crippen LogP contribution in [-0.4, -0.2) is 20.5 Å². The molecule has 2 aromatic carbocycles. The third-order valence-electron chi connectivity index (χ3n) is 4.32. The summed E-state index contributed by atoms with van der Waals surface area (Å²) in [6, 6.07) is 14.9. The predicted octanol–water partition coefficient (Wildman–Crippen LogP) is 3.74. The van der Waals surface area contributed by atoms with Gasteiger partial charge in [-0.3, -0.25) is 4.40 Å². The van der Waals surface area contributed by atoms with Gasteiger partial charge in [0.25, 0.3) is 0 Å². The Labute approximate surface area is 138 Å². The fraction of sp³-hybridized carbons (Fsp3) is 0.0526. The lowest BCUT2D eigenvalue weighted by molar-refractivity contribution is 0.0699. The van der Waals surface area contributed by atoms with Crippen LogP contribution in [0.2, 0.25) is 0 Å². The summed E-state index contributed by atoms with van der Waals surface area (Å²) in [7, 11) is 0. The maximum atomic E-state index is 11.4. The number of nitrogens with zero attached hydrogens (tertiary/aromatic N) is 2. The number of benzene rings is 2. The van der Waals surface area contributed by atoms with Crippen LogP contribution in [0, 0.1) is 6.92 Å². The van der Waals surface area contributed by atoms with E-state index >= 15 is 0 Å². The number of carbonyl (C=O) groups is 1. The fourth-order valence-corrected chi connectivity index (χ4v) is 3.10. The molecule has 0 saturated heterocycles. The molecule has 5 nitrogen and oxygen atoms in total. The van der Waals surface area contributed by atoms with Crippen molar-refractivity contribution in [3.63, 3.8) is 0 Å². The molecule has 0 atom stereocenters. The van der Waals surface area contributed by atoms with E-state index in [1.165, 1.54) is 0 Å². The van der Waals surface area contributed by atoms with E-state index in [1.807, 2.05) is 37.3 Å². The molecule has 24 heavy (non-hydrogen) atoms. The SMILES string of the molecule is Cc1ccccc1-c1nc2c3cccc(C(=O)O)c3ccn2c1N. The molecule has 4 rings (SSSR count). The number of fused-ring (bicyclic) bond motifs is 3. The molecule has 0 radical (unpaired) electrons. The Balaban J connectivity index is 2.09. The molecule has 118 valence electrons. The smallest absolute Gasteiger partial charge is 0.336 e. The lowest BCUT2D eigenvalue weighted by Crippen LogP contribution is -1.99. The summed E-state index contributed by atoms with van der Waals surface area (Å²) in [5, 5.41) is 10.8. The van der Waals surface area contributed by atoms with Gasteiger partial charge in [-0.1, -0.05) is 36.4 Å². The number of aryl methyl sites for hydroxylation is 1. The fourth-order valence-electron chi connectivity index (χ4n) is 3.10. The van der Waals surface area contributed by atoms with Gasteiger partial charge in [0.15, 0.2) is 0 Å². The number of nitrogens with two attached hydrogens (primary N) is 1. The summed E-state index contributed by atoms with van der Waals surface area (Å²) in [5.41, 5.74) is 10.00. The van der Waals surface area contributed by atoms with Gasteiger partial charge >= 0.3 is 5.97 Å². The van der Waals surface area contributed by atoms with Gasteiger partial charge in [-0.15, -0.1) is 0 Å². The van der Waals surface area contributed by atoms with E-state index in [0.717, 1.165) is 16.5 Å². The van der Waals surface area contributed by atoms with E-state index in [9.17, 15) is 9.90 Å². The first-order valence-corrected chi connectivity index (χ1v) is 7.56. The van der Waals surface area contributed by atoms with E-state index in [0.29, 0.717) is 22.5 Å². The van der Waals surface area contributed by atoms with Crippen LogP contribution in [0.4, 0.5) is 5.82 Å². The van der Waals surface area contributed by atoms with Gasteiger partial charge in [-0.05, 0) is 24.6 Å². The Morgan fingerprint density at radius 3 is 2.62 bits per heavy atom. The molecule has 0 saturated carbocycles. The molecule has 0 amide bonds. The molecule has 0 spiro atoms. The topological polar surface area (TPSA) is 80.6 Å². The Morgan fingerprint density at radius 1 is 1.08 bits per heavy atom. The molecule has 0 bridgehead atoms. The number of carboxylic acids is 1. The third kappa shape index (κ3) is 1.95. The summed E-state index contributed by atoms with van der Waals surface area (Å²) in [5.74, 6) is -0.412.